The fourth-order valence-electron chi connectivity index (χ4n) is 2.12. The van der Waals surface area contributed by atoms with Crippen molar-refractivity contribution in [1.82, 2.24) is 4.90 Å². The van der Waals surface area contributed by atoms with Crippen LogP contribution >= 0.6 is 0 Å². The first-order valence-electron chi connectivity index (χ1n) is 6.87. The number of rotatable bonds is 6. The van der Waals surface area contributed by atoms with Gasteiger partial charge in [-0.05, 0) is 39.7 Å². The molecule has 106 valence electrons. The Morgan fingerprint density at radius 2 is 2.05 bits per heavy atom. The zero-order chi connectivity index (χ0) is 14.5. The number of likely N-dealkylation sites (N-methyl/N-ethyl adjacent to an activating group) is 1. The lowest BCUT2D eigenvalue weighted by Crippen LogP contribution is -2.42. The molecular formula is C16H25NO2. The molecule has 0 saturated heterocycles. The smallest absolute Gasteiger partial charge is 0.222 e. The summed E-state index contributed by atoms with van der Waals surface area (Å²) in [6.07, 6.45) is 1.25. The van der Waals surface area contributed by atoms with Crippen molar-refractivity contribution >= 4 is 5.91 Å². The van der Waals surface area contributed by atoms with Gasteiger partial charge in [-0.1, -0.05) is 29.8 Å². The third-order valence-electron chi connectivity index (χ3n) is 3.02. The molecule has 19 heavy (non-hydrogen) atoms. The number of carbonyl (C=O) groups is 1. The van der Waals surface area contributed by atoms with E-state index in [1.54, 1.807) is 18.7 Å². The lowest BCUT2D eigenvalue weighted by Gasteiger charge is -2.28. The molecule has 0 fully saturated rings. The Bertz CT molecular complexity index is 421. The average Bonchev–Trinajstić information content (AvgIpc) is 2.32. The van der Waals surface area contributed by atoms with E-state index in [-0.39, 0.29) is 5.91 Å². The van der Waals surface area contributed by atoms with Gasteiger partial charge in [-0.2, -0.15) is 0 Å². The standard InChI is InChI=1S/C16H25NO2/c1-5-17(12-16(3,4)19)15(18)10-9-14-8-6-7-13(2)11-14/h6-8,11,19H,5,9-10,12H2,1-4H3. The van der Waals surface area contributed by atoms with Crippen LogP contribution in [0.5, 0.6) is 0 Å². The van der Waals surface area contributed by atoms with Crippen LogP contribution in [0.15, 0.2) is 24.3 Å². The molecule has 1 rings (SSSR count). The molecule has 1 amide bonds. The molecule has 0 bridgehead atoms. The third kappa shape index (κ3) is 5.88. The number of aryl methyl sites for hydroxylation is 2. The molecular weight excluding hydrogens is 238 g/mol. The largest absolute Gasteiger partial charge is 0.389 e. The van der Waals surface area contributed by atoms with Gasteiger partial charge in [0.2, 0.25) is 5.91 Å². The van der Waals surface area contributed by atoms with E-state index in [0.29, 0.717) is 19.5 Å². The number of amides is 1. The van der Waals surface area contributed by atoms with Gasteiger partial charge in [-0.15, -0.1) is 0 Å². The lowest BCUT2D eigenvalue weighted by atomic mass is 10.1. The number of carbonyl (C=O) groups excluding carboxylic acids is 1. The van der Waals surface area contributed by atoms with E-state index in [0.717, 1.165) is 6.42 Å². The van der Waals surface area contributed by atoms with Crippen molar-refractivity contribution in [3.8, 4) is 0 Å². The van der Waals surface area contributed by atoms with Gasteiger partial charge >= 0.3 is 0 Å². The van der Waals surface area contributed by atoms with Crippen LogP contribution in [0, 0.1) is 6.92 Å². The molecule has 0 aliphatic rings. The van der Waals surface area contributed by atoms with E-state index in [2.05, 4.69) is 19.1 Å². The fourth-order valence-corrected chi connectivity index (χ4v) is 2.12. The number of aliphatic hydroxyl groups is 1. The maximum Gasteiger partial charge on any atom is 0.222 e. The van der Waals surface area contributed by atoms with Crippen LogP contribution < -0.4 is 0 Å². The minimum Gasteiger partial charge on any atom is -0.389 e. The topological polar surface area (TPSA) is 40.5 Å². The van der Waals surface area contributed by atoms with Crippen molar-refractivity contribution in [3.05, 3.63) is 35.4 Å². The predicted molar refractivity (Wildman–Crippen MR) is 78.1 cm³/mol. The summed E-state index contributed by atoms with van der Waals surface area (Å²) in [4.78, 5) is 13.8. The van der Waals surface area contributed by atoms with Crippen LogP contribution in [0.2, 0.25) is 0 Å². The molecule has 3 heteroatoms. The van der Waals surface area contributed by atoms with E-state index in [9.17, 15) is 9.90 Å². The highest BCUT2D eigenvalue weighted by Crippen LogP contribution is 2.10. The second-order valence-electron chi connectivity index (χ2n) is 5.71. The van der Waals surface area contributed by atoms with Crippen LogP contribution in [0.25, 0.3) is 0 Å². The number of hydrogen-bond donors (Lipinski definition) is 1. The molecule has 0 heterocycles. The molecule has 0 spiro atoms. The average molecular weight is 263 g/mol. The van der Waals surface area contributed by atoms with Gasteiger partial charge in [-0.25, -0.2) is 0 Å². The first-order valence-corrected chi connectivity index (χ1v) is 6.87. The van der Waals surface area contributed by atoms with E-state index < -0.39 is 5.60 Å². The number of hydrogen-bond acceptors (Lipinski definition) is 2. The minimum absolute atomic E-state index is 0.103. The van der Waals surface area contributed by atoms with Crippen LogP contribution in [-0.2, 0) is 11.2 Å². The molecule has 3 nitrogen and oxygen atoms in total. The Morgan fingerprint density at radius 3 is 2.58 bits per heavy atom. The van der Waals surface area contributed by atoms with Gasteiger partial charge in [-0.3, -0.25) is 4.79 Å². The molecule has 0 atom stereocenters. The molecule has 0 saturated carbocycles. The van der Waals surface area contributed by atoms with Crippen molar-refractivity contribution in [1.29, 1.82) is 0 Å². The summed E-state index contributed by atoms with van der Waals surface area (Å²) in [5.41, 5.74) is 1.57. The first kappa shape index (κ1) is 15.7. The molecule has 1 N–H and O–H groups in total. The van der Waals surface area contributed by atoms with Gasteiger partial charge < -0.3 is 10.0 Å². The van der Waals surface area contributed by atoms with Crippen LogP contribution in [-0.4, -0.2) is 34.6 Å². The fraction of sp³-hybridized carbons (Fsp3) is 0.562. The van der Waals surface area contributed by atoms with Crippen molar-refractivity contribution in [2.75, 3.05) is 13.1 Å². The van der Waals surface area contributed by atoms with E-state index >= 15 is 0 Å². The number of nitrogens with zero attached hydrogens (tertiary/aromatic N) is 1. The Hall–Kier alpha value is -1.35. The van der Waals surface area contributed by atoms with Crippen LogP contribution in [0.1, 0.15) is 38.3 Å². The summed E-state index contributed by atoms with van der Waals surface area (Å²) in [5, 5.41) is 9.80. The highest BCUT2D eigenvalue weighted by Gasteiger charge is 2.20. The molecule has 0 aromatic heterocycles. The Kier molecular flexibility index (Phi) is 5.55. The van der Waals surface area contributed by atoms with Crippen molar-refractivity contribution in [2.24, 2.45) is 0 Å². The highest BCUT2D eigenvalue weighted by atomic mass is 16.3. The van der Waals surface area contributed by atoms with Gasteiger partial charge in [0.1, 0.15) is 0 Å². The molecule has 1 aromatic rings. The Balaban J connectivity index is 2.54. The summed E-state index contributed by atoms with van der Waals surface area (Å²) >= 11 is 0. The second kappa shape index (κ2) is 6.71. The molecule has 1 aromatic carbocycles. The molecule has 0 aliphatic heterocycles. The lowest BCUT2D eigenvalue weighted by molar-refractivity contribution is -0.133. The van der Waals surface area contributed by atoms with Crippen LogP contribution in [0.4, 0.5) is 0 Å². The zero-order valence-electron chi connectivity index (χ0n) is 12.4. The zero-order valence-corrected chi connectivity index (χ0v) is 12.4. The first-order chi connectivity index (χ1) is 8.81. The maximum absolute atomic E-state index is 12.1. The summed E-state index contributed by atoms with van der Waals surface area (Å²) in [6, 6.07) is 8.23. The predicted octanol–water partition coefficient (Wildman–Crippen LogP) is 2.55. The summed E-state index contributed by atoms with van der Waals surface area (Å²) in [7, 11) is 0. The number of benzene rings is 1. The van der Waals surface area contributed by atoms with E-state index in [1.165, 1.54) is 11.1 Å². The highest BCUT2D eigenvalue weighted by molar-refractivity contribution is 5.76. The summed E-state index contributed by atoms with van der Waals surface area (Å²) < 4.78 is 0. The van der Waals surface area contributed by atoms with Gasteiger partial charge in [0, 0.05) is 19.5 Å². The van der Waals surface area contributed by atoms with E-state index in [1.807, 2.05) is 19.1 Å². The van der Waals surface area contributed by atoms with Gasteiger partial charge in [0.15, 0.2) is 0 Å². The van der Waals surface area contributed by atoms with Crippen LogP contribution in [0.3, 0.4) is 0 Å². The SMILES string of the molecule is CCN(CC(C)(C)O)C(=O)CCc1cccc(C)c1. The van der Waals surface area contributed by atoms with E-state index in [4.69, 9.17) is 0 Å². The monoisotopic (exact) mass is 263 g/mol. The van der Waals surface area contributed by atoms with Crippen molar-refractivity contribution in [3.63, 3.8) is 0 Å². The molecule has 0 aliphatic carbocycles. The van der Waals surface area contributed by atoms with Gasteiger partial charge in [0.25, 0.3) is 0 Å². The second-order valence-corrected chi connectivity index (χ2v) is 5.71. The summed E-state index contributed by atoms with van der Waals surface area (Å²) in [6.45, 7) is 8.47. The van der Waals surface area contributed by atoms with Gasteiger partial charge in [0.05, 0.1) is 5.60 Å². The Morgan fingerprint density at radius 1 is 1.37 bits per heavy atom. The Labute approximate surface area is 116 Å². The normalized spacial score (nSPS) is 11.4. The van der Waals surface area contributed by atoms with Crippen molar-refractivity contribution < 1.29 is 9.90 Å². The maximum atomic E-state index is 12.1. The molecule has 0 unspecified atom stereocenters. The molecule has 0 radical (unpaired) electrons. The minimum atomic E-state index is -0.838. The quantitative estimate of drug-likeness (QED) is 0.857. The van der Waals surface area contributed by atoms with Crippen molar-refractivity contribution in [2.45, 2.75) is 46.1 Å². The summed E-state index contributed by atoms with van der Waals surface area (Å²) in [5.74, 6) is 0.103. The third-order valence-corrected chi connectivity index (χ3v) is 3.02.